The summed E-state index contributed by atoms with van der Waals surface area (Å²) in [5.41, 5.74) is 37.4. The van der Waals surface area contributed by atoms with Crippen LogP contribution in [0.3, 0.4) is 0 Å². The number of aromatic hydroxyl groups is 1. The lowest BCUT2D eigenvalue weighted by Crippen LogP contribution is -2.14. The van der Waals surface area contributed by atoms with Crippen molar-refractivity contribution in [2.24, 2.45) is 28.1 Å². The van der Waals surface area contributed by atoms with Crippen LogP contribution in [0.1, 0.15) is 104 Å². The highest BCUT2D eigenvalue weighted by Crippen LogP contribution is 2.37. The monoisotopic (exact) mass is 1510 g/mol. The van der Waals surface area contributed by atoms with E-state index in [-0.39, 0.29) is 34.7 Å². The predicted octanol–water partition coefficient (Wildman–Crippen LogP) is 18.5. The van der Waals surface area contributed by atoms with Gasteiger partial charge in [-0.05, 0) is 220 Å². The molecule has 3 amide bonds. The van der Waals surface area contributed by atoms with Gasteiger partial charge < -0.3 is 54.6 Å². The lowest BCUT2D eigenvalue weighted by Gasteiger charge is -2.13. The minimum atomic E-state index is -1.03. The molecular formula is C77H74Br3F3N10O5. The fourth-order valence-corrected chi connectivity index (χ4v) is 12.0. The van der Waals surface area contributed by atoms with Gasteiger partial charge in [0.2, 0.25) is 0 Å². The van der Waals surface area contributed by atoms with Crippen molar-refractivity contribution in [3.05, 3.63) is 275 Å². The molecule has 0 radical (unpaired) electrons. The van der Waals surface area contributed by atoms with Crippen LogP contribution < -0.4 is 38.9 Å². The number of hydrogen-bond acceptors (Lipinski definition) is 11. The van der Waals surface area contributed by atoms with Crippen molar-refractivity contribution in [3.8, 4) is 39.1 Å². The number of benzene rings is 9. The molecule has 0 aromatic heterocycles. The summed E-state index contributed by atoms with van der Waals surface area (Å²) >= 11 is 10.4. The van der Waals surface area contributed by atoms with E-state index < -0.39 is 35.2 Å². The third-order valence-corrected chi connectivity index (χ3v) is 17.8. The molecule has 9 aromatic carbocycles. The molecule has 9 aromatic rings. The first-order valence-corrected chi connectivity index (χ1v) is 33.4. The van der Waals surface area contributed by atoms with Crippen molar-refractivity contribution >= 4 is 117 Å². The average molecular weight is 1520 g/mol. The summed E-state index contributed by atoms with van der Waals surface area (Å²) < 4.78 is 47.3. The zero-order valence-electron chi connectivity index (χ0n) is 54.4. The molecule has 0 bridgehead atoms. The molecule has 0 saturated carbocycles. The molecular weight excluding hydrogens is 1440 g/mol. The topological polar surface area (TPSA) is 292 Å². The van der Waals surface area contributed by atoms with Crippen LogP contribution in [0.4, 0.5) is 30.2 Å². The van der Waals surface area contributed by atoms with Crippen LogP contribution in [0, 0.1) is 10.8 Å². The smallest absolute Gasteiger partial charge is 0.284 e. The number of allylic oxidation sites excluding steroid dienone is 3. The Bertz CT molecular complexity index is 4610. The first-order chi connectivity index (χ1) is 47.0. The maximum atomic E-state index is 15.2. The molecule has 0 fully saturated rings. The van der Waals surface area contributed by atoms with E-state index in [9.17, 15) is 19.5 Å². The van der Waals surface area contributed by atoms with Gasteiger partial charge in [0, 0.05) is 66.6 Å². The number of nitrogen functional groups attached to an aromatic ring is 1. The molecule has 0 unspecified atom stereocenters. The first-order valence-electron chi connectivity index (χ1n) is 31.0. The number of nitrogens with one attached hydrogen (secondary N) is 5. The number of phenolic OH excluding ortho intramolecular Hbond substituents is 1. The molecule has 0 aliphatic heterocycles. The van der Waals surface area contributed by atoms with Gasteiger partial charge in [-0.1, -0.05) is 153 Å². The highest BCUT2D eigenvalue weighted by molar-refractivity contribution is 9.11. The molecule has 9 rings (SSSR count). The van der Waals surface area contributed by atoms with Crippen molar-refractivity contribution in [1.82, 2.24) is 0 Å². The van der Waals surface area contributed by atoms with Gasteiger partial charge in [-0.2, -0.15) is 0 Å². The highest BCUT2D eigenvalue weighted by atomic mass is 79.9. The molecule has 98 heavy (non-hydrogen) atoms. The van der Waals surface area contributed by atoms with E-state index in [1.807, 2.05) is 109 Å². The lowest BCUT2D eigenvalue weighted by molar-refractivity contribution is -0.114. The Kier molecular flexibility index (Phi) is 27.7. The Balaban J connectivity index is 0.000000207. The Hall–Kier alpha value is -9.87. The first kappa shape index (κ1) is 75.5. The number of oxime groups is 1. The van der Waals surface area contributed by atoms with Crippen LogP contribution in [0.15, 0.2) is 230 Å². The Labute approximate surface area is 593 Å². The average Bonchev–Trinajstić information content (AvgIpc) is 0.852. The fraction of sp³-hybridized carbons (Fsp3) is 0.143. The molecule has 0 heterocycles. The maximum absolute atomic E-state index is 15.2. The number of hydrogen-bond donors (Lipinski definition) is 11. The van der Waals surface area contributed by atoms with Gasteiger partial charge in [-0.25, -0.2) is 13.2 Å². The largest absolute Gasteiger partial charge is 0.507 e. The molecule has 0 saturated heterocycles. The number of halogens is 6. The lowest BCUT2D eigenvalue weighted by atomic mass is 9.98. The third-order valence-electron chi connectivity index (χ3n) is 15.8. The summed E-state index contributed by atoms with van der Waals surface area (Å²) in [5, 5.41) is 45.6. The van der Waals surface area contributed by atoms with Gasteiger partial charge in [0.1, 0.15) is 11.6 Å². The summed E-state index contributed by atoms with van der Waals surface area (Å²) in [6.07, 6.45) is 0.799. The molecule has 15 N–H and O–H groups in total. The summed E-state index contributed by atoms with van der Waals surface area (Å²) in [6, 6.07) is 57.8. The fourth-order valence-electron chi connectivity index (χ4n) is 10.5. The zero-order chi connectivity index (χ0) is 71.3. The minimum absolute atomic E-state index is 0.0118. The number of amides is 3. The van der Waals surface area contributed by atoms with Crippen LogP contribution in [0.2, 0.25) is 0 Å². The van der Waals surface area contributed by atoms with Gasteiger partial charge in [0.05, 0.1) is 22.8 Å². The number of carbonyl (C=O) groups is 3. The summed E-state index contributed by atoms with van der Waals surface area (Å²) in [5.74, 6) is -5.75. The predicted molar refractivity (Wildman–Crippen MR) is 402 cm³/mol. The van der Waals surface area contributed by atoms with Crippen LogP contribution in [-0.2, 0) is 34.0 Å². The minimum Gasteiger partial charge on any atom is -0.507 e. The van der Waals surface area contributed by atoms with Crippen molar-refractivity contribution in [2.75, 3.05) is 16.0 Å². The quantitative estimate of drug-likeness (QED) is 0.0107. The van der Waals surface area contributed by atoms with Gasteiger partial charge in [-0.15, -0.1) is 0 Å². The molecule has 0 aliphatic rings. The number of carbonyl (C=O) groups excluding carboxylic acids is 3. The van der Waals surface area contributed by atoms with Gasteiger partial charge in [0.15, 0.2) is 17.5 Å². The van der Waals surface area contributed by atoms with E-state index in [1.165, 1.54) is 18.2 Å². The van der Waals surface area contributed by atoms with E-state index in [0.29, 0.717) is 108 Å². The van der Waals surface area contributed by atoms with Crippen molar-refractivity contribution < 1.29 is 37.9 Å². The van der Waals surface area contributed by atoms with Gasteiger partial charge in [-0.3, -0.25) is 19.8 Å². The van der Waals surface area contributed by atoms with Crippen LogP contribution in [-0.4, -0.2) is 45.3 Å². The molecule has 504 valence electrons. The number of amidine groups is 1. The Morgan fingerprint density at radius 2 is 0.796 bits per heavy atom. The second-order valence-electron chi connectivity index (χ2n) is 22.1. The second-order valence-corrected chi connectivity index (χ2v) is 24.6. The van der Waals surface area contributed by atoms with Crippen molar-refractivity contribution in [2.45, 2.75) is 73.5 Å². The molecule has 0 atom stereocenters. The third kappa shape index (κ3) is 19.0. The summed E-state index contributed by atoms with van der Waals surface area (Å²) in [7, 11) is 0. The van der Waals surface area contributed by atoms with Crippen molar-refractivity contribution in [1.29, 1.82) is 10.8 Å². The summed E-state index contributed by atoms with van der Waals surface area (Å²) in [4.78, 5) is 38.1. The van der Waals surface area contributed by atoms with Crippen LogP contribution in [0.5, 0.6) is 5.75 Å². The van der Waals surface area contributed by atoms with E-state index >= 15 is 13.2 Å². The van der Waals surface area contributed by atoms with Gasteiger partial charge in [0.25, 0.3) is 17.7 Å². The number of rotatable bonds is 21. The second kappa shape index (κ2) is 35.9. The highest BCUT2D eigenvalue weighted by Gasteiger charge is 2.23. The Morgan fingerprint density at radius 3 is 1.13 bits per heavy atom. The summed E-state index contributed by atoms with van der Waals surface area (Å²) in [6.45, 7) is 9.78. The van der Waals surface area contributed by atoms with Crippen LogP contribution in [0.25, 0.3) is 50.1 Å². The zero-order valence-corrected chi connectivity index (χ0v) is 59.1. The Morgan fingerprint density at radius 1 is 0.449 bits per heavy atom. The molecule has 0 aliphatic carbocycles. The van der Waals surface area contributed by atoms with Crippen molar-refractivity contribution in [3.63, 3.8) is 0 Å². The van der Waals surface area contributed by atoms with E-state index in [2.05, 4.69) is 68.9 Å². The number of phenols is 1. The van der Waals surface area contributed by atoms with Crippen LogP contribution >= 0.6 is 47.8 Å². The van der Waals surface area contributed by atoms with Gasteiger partial charge >= 0.3 is 0 Å². The van der Waals surface area contributed by atoms with E-state index in [1.54, 1.807) is 101 Å². The SMILES string of the molecule is CC/C(=C(\F)C(=O)Nc1ccc(-c2ccccc2CN)cc1Br)c1cc(C(=N)N)ccc1O.CC/C(=C(\F)C(=O)Nc1ccc(-c2ccccc2CN)cc1Br)c1cccc(/C(C)=N\O)c1.CC/C(=C(\F)C(=O)Nc1ccc(-c2ccccc2CN)cc1Br)c1cccc(C(C)=N)c1. The normalized spacial score (nSPS) is 11.9. The maximum Gasteiger partial charge on any atom is 0.284 e. The molecule has 0 spiro atoms. The standard InChI is InChI=1S/C26H25BrFN3O2.C26H25BrFN3O.C25H24BrFN4O2/c1-3-21(18-9-6-8-17(13-18)16(2)31-33)25(28)26(32)30-24-12-11-19(14-23(24)27)22-10-5-4-7-20(22)15-29;1-3-21(18-9-6-8-17(13-18)16(2)30)25(28)26(32)31-24-12-11-19(14-23(24)27)22-10-5-4-7-20(22)15-29;1-2-17(19-11-15(24(29)30)8-10-22(19)32)23(27)25(33)31-21-9-7-14(12-20(21)26)18-6-4-3-5-16(18)13-28/h4-14,33H,3,15,29H2,1-2H3,(H,30,32);4-14,30H,3,15,29H2,1-2H3,(H,31,32);3-12,32H,2,13,28H2,1H3,(H3,29,30)(H,31,33)/b25-21+,31-16-;25-21+,30-16?;23-17+. The molecule has 15 nitrogen and oxygen atoms in total. The van der Waals surface area contributed by atoms with E-state index in [0.717, 1.165) is 50.1 Å². The number of nitrogens with zero attached hydrogens (tertiary/aromatic N) is 1. The number of anilines is 3. The number of nitrogens with two attached hydrogens (primary N) is 4. The van der Waals surface area contributed by atoms with E-state index in [4.69, 9.17) is 39.0 Å². The molecule has 21 heteroatoms.